The monoisotopic (exact) mass is 241 g/mol. The molecular formula is C11H19NO3Si. The topological polar surface area (TPSA) is 60.8 Å². The number of hydrogen-bond donors (Lipinski definition) is 2. The molecule has 0 saturated carbocycles. The van der Waals surface area contributed by atoms with Crippen LogP contribution in [0.2, 0.25) is 19.6 Å². The molecular weight excluding hydrogens is 222 g/mol. The van der Waals surface area contributed by atoms with Crippen molar-refractivity contribution in [2.45, 2.75) is 38.1 Å². The Hall–Kier alpha value is -0.993. The van der Waals surface area contributed by atoms with Crippen LogP contribution < -0.4 is 0 Å². The number of aliphatic hydroxyl groups is 1. The average Bonchev–Trinajstić information content (AvgIpc) is 2.15. The molecule has 1 rings (SSSR count). The molecule has 0 radical (unpaired) electrons. The molecule has 16 heavy (non-hydrogen) atoms. The second kappa shape index (κ2) is 4.48. The maximum absolute atomic E-state index is 10.8. The number of carboxylic acids is 1. The first-order valence-corrected chi connectivity index (χ1v) is 8.96. The van der Waals surface area contributed by atoms with Gasteiger partial charge in [0.05, 0.1) is 0 Å². The van der Waals surface area contributed by atoms with Gasteiger partial charge in [-0.05, 0) is 6.04 Å². The minimum Gasteiger partial charge on any atom is -0.479 e. The van der Waals surface area contributed by atoms with E-state index in [0.29, 0.717) is 13.1 Å². The van der Waals surface area contributed by atoms with Gasteiger partial charge in [-0.15, -0.1) is 5.54 Å². The summed E-state index contributed by atoms with van der Waals surface area (Å²) in [5.74, 6) is -1.12. The van der Waals surface area contributed by atoms with Gasteiger partial charge < -0.3 is 15.1 Å². The number of piperidine rings is 1. The van der Waals surface area contributed by atoms with E-state index in [9.17, 15) is 9.90 Å². The molecule has 5 heteroatoms. The van der Waals surface area contributed by atoms with Crippen LogP contribution in [0.3, 0.4) is 0 Å². The van der Waals surface area contributed by atoms with E-state index < -0.39 is 19.6 Å². The largest absolute Gasteiger partial charge is 0.479 e. The lowest BCUT2D eigenvalue weighted by atomic mass is 9.92. The highest BCUT2D eigenvalue weighted by Gasteiger charge is 2.38. The fourth-order valence-electron chi connectivity index (χ4n) is 1.45. The third kappa shape index (κ3) is 3.54. The van der Waals surface area contributed by atoms with Crippen molar-refractivity contribution in [2.75, 3.05) is 13.1 Å². The molecule has 0 atom stereocenters. The molecule has 1 heterocycles. The third-order valence-electron chi connectivity index (χ3n) is 2.58. The standard InChI is InChI=1S/C11H19NO3Si/c1-16(2,3)9-8-12-6-4-11(15,5-7-12)10(13)14/h15H,4-7H2,1-3H3,(H,13,14). The van der Waals surface area contributed by atoms with Gasteiger partial charge in [0, 0.05) is 25.9 Å². The number of aliphatic carboxylic acids is 1. The summed E-state index contributed by atoms with van der Waals surface area (Å²) in [4.78, 5) is 12.7. The number of carbonyl (C=O) groups is 1. The van der Waals surface area contributed by atoms with E-state index in [1.165, 1.54) is 0 Å². The van der Waals surface area contributed by atoms with E-state index in [0.717, 1.165) is 0 Å². The van der Waals surface area contributed by atoms with Crippen LogP contribution in [0.15, 0.2) is 0 Å². The summed E-state index contributed by atoms with van der Waals surface area (Å²) in [5, 5.41) is 18.6. The van der Waals surface area contributed by atoms with Gasteiger partial charge in [-0.3, -0.25) is 0 Å². The molecule has 0 aliphatic carbocycles. The summed E-state index contributed by atoms with van der Waals surface area (Å²) >= 11 is 0. The third-order valence-corrected chi connectivity index (χ3v) is 3.44. The molecule has 0 aromatic heterocycles. The second-order valence-corrected chi connectivity index (χ2v) is 10.1. The average molecular weight is 241 g/mol. The van der Waals surface area contributed by atoms with Gasteiger partial charge in [0.15, 0.2) is 5.60 Å². The molecule has 4 nitrogen and oxygen atoms in total. The van der Waals surface area contributed by atoms with E-state index in [4.69, 9.17) is 5.11 Å². The Balaban J connectivity index is 2.55. The van der Waals surface area contributed by atoms with Crippen LogP contribution in [-0.2, 0) is 4.79 Å². The lowest BCUT2D eigenvalue weighted by Crippen LogP contribution is -2.48. The van der Waals surface area contributed by atoms with Gasteiger partial charge in [-0.25, -0.2) is 4.79 Å². The zero-order valence-corrected chi connectivity index (χ0v) is 11.1. The Morgan fingerprint density at radius 2 is 1.81 bits per heavy atom. The predicted molar refractivity (Wildman–Crippen MR) is 64.5 cm³/mol. The molecule has 0 aromatic carbocycles. The van der Waals surface area contributed by atoms with Crippen LogP contribution in [0.25, 0.3) is 0 Å². The molecule has 90 valence electrons. The molecule has 1 aliphatic heterocycles. The minimum absolute atomic E-state index is 0.253. The highest BCUT2D eigenvalue weighted by atomic mass is 28.3. The molecule has 0 amide bonds. The van der Waals surface area contributed by atoms with E-state index in [-0.39, 0.29) is 12.8 Å². The summed E-state index contributed by atoms with van der Waals surface area (Å²) in [6.07, 6.45) is 0.505. The van der Waals surface area contributed by atoms with Gasteiger partial charge in [0.2, 0.25) is 0 Å². The second-order valence-electron chi connectivity index (χ2n) is 5.31. The van der Waals surface area contributed by atoms with Gasteiger partial charge in [-0.1, -0.05) is 19.6 Å². The summed E-state index contributed by atoms with van der Waals surface area (Å²) in [5.41, 5.74) is 1.69. The first-order valence-electron chi connectivity index (χ1n) is 5.46. The van der Waals surface area contributed by atoms with Crippen molar-refractivity contribution in [1.82, 2.24) is 4.90 Å². The minimum atomic E-state index is -1.54. The first kappa shape index (κ1) is 13.1. The predicted octanol–water partition coefficient (Wildman–Crippen LogP) is 0.736. The Labute approximate surface area is 97.3 Å². The van der Waals surface area contributed by atoms with Crippen molar-refractivity contribution in [3.05, 3.63) is 0 Å². The van der Waals surface area contributed by atoms with Crippen molar-refractivity contribution in [1.29, 1.82) is 0 Å². The number of likely N-dealkylation sites (tertiary alicyclic amines) is 1. The normalized spacial score (nSPS) is 19.9. The Morgan fingerprint density at radius 3 is 2.19 bits per heavy atom. The van der Waals surface area contributed by atoms with Crippen LogP contribution in [-0.4, -0.2) is 47.8 Å². The molecule has 0 aromatic rings. The number of rotatable bonds is 1. The van der Waals surface area contributed by atoms with Crippen molar-refractivity contribution in [2.24, 2.45) is 0 Å². The molecule has 1 aliphatic rings. The molecule has 0 spiro atoms. The lowest BCUT2D eigenvalue weighted by Gasteiger charge is -2.33. The first-order chi connectivity index (χ1) is 7.23. The van der Waals surface area contributed by atoms with Crippen molar-refractivity contribution in [3.8, 4) is 11.6 Å². The SMILES string of the molecule is C[Si](C)(C)C#CN1CCC(O)(C(=O)O)CC1. The van der Waals surface area contributed by atoms with Crippen LogP contribution in [0.5, 0.6) is 0 Å². The summed E-state index contributed by atoms with van der Waals surface area (Å²) in [6.45, 7) is 7.55. The van der Waals surface area contributed by atoms with Gasteiger partial charge >= 0.3 is 5.97 Å². The Morgan fingerprint density at radius 1 is 1.31 bits per heavy atom. The fourth-order valence-corrected chi connectivity index (χ4v) is 1.94. The van der Waals surface area contributed by atoms with Crippen LogP contribution in [0, 0.1) is 11.6 Å². The molecule has 2 N–H and O–H groups in total. The van der Waals surface area contributed by atoms with Gasteiger partial charge in [-0.2, -0.15) is 0 Å². The van der Waals surface area contributed by atoms with Crippen LogP contribution in [0.1, 0.15) is 12.8 Å². The number of nitrogens with zero attached hydrogens (tertiary/aromatic N) is 1. The molecule has 0 bridgehead atoms. The number of carboxylic acid groups (broad SMARTS) is 1. The molecule has 1 saturated heterocycles. The number of hydrogen-bond acceptors (Lipinski definition) is 3. The zero-order valence-electron chi connectivity index (χ0n) is 10.1. The zero-order chi connectivity index (χ0) is 12.4. The van der Waals surface area contributed by atoms with E-state index in [1.807, 2.05) is 4.90 Å². The summed E-state index contributed by atoms with van der Waals surface area (Å²) < 4.78 is 0. The quantitative estimate of drug-likeness (QED) is 0.525. The molecule has 1 fully saturated rings. The van der Waals surface area contributed by atoms with Gasteiger partial charge in [0.25, 0.3) is 0 Å². The smallest absolute Gasteiger partial charge is 0.335 e. The van der Waals surface area contributed by atoms with Crippen molar-refractivity contribution < 1.29 is 15.0 Å². The fraction of sp³-hybridized carbons (Fsp3) is 0.727. The lowest BCUT2D eigenvalue weighted by molar-refractivity contribution is -0.162. The van der Waals surface area contributed by atoms with Crippen molar-refractivity contribution >= 4 is 14.0 Å². The Bertz CT molecular complexity index is 329. The highest BCUT2D eigenvalue weighted by Crippen LogP contribution is 2.21. The van der Waals surface area contributed by atoms with E-state index in [1.54, 1.807) is 0 Å². The maximum atomic E-state index is 10.8. The van der Waals surface area contributed by atoms with Crippen LogP contribution >= 0.6 is 0 Å². The van der Waals surface area contributed by atoms with Crippen LogP contribution in [0.4, 0.5) is 0 Å². The Kier molecular flexibility index (Phi) is 3.66. The van der Waals surface area contributed by atoms with E-state index in [2.05, 4.69) is 31.2 Å². The summed E-state index contributed by atoms with van der Waals surface area (Å²) in [7, 11) is -1.38. The van der Waals surface area contributed by atoms with E-state index >= 15 is 0 Å². The maximum Gasteiger partial charge on any atom is 0.335 e. The highest BCUT2D eigenvalue weighted by molar-refractivity contribution is 6.83. The molecule has 0 unspecified atom stereocenters. The van der Waals surface area contributed by atoms with Crippen molar-refractivity contribution in [3.63, 3.8) is 0 Å². The summed E-state index contributed by atoms with van der Waals surface area (Å²) in [6, 6.07) is 3.08. The van der Waals surface area contributed by atoms with Gasteiger partial charge in [0.1, 0.15) is 8.07 Å².